The molecule has 0 aliphatic rings. The highest BCUT2D eigenvalue weighted by molar-refractivity contribution is 6.02. The first-order valence-corrected chi connectivity index (χ1v) is 8.96. The van der Waals surface area contributed by atoms with E-state index in [2.05, 4.69) is 41.3 Å². The summed E-state index contributed by atoms with van der Waals surface area (Å²) in [5, 5.41) is 0. The molecular weight excluding hydrogens is 298 g/mol. The minimum Gasteiger partial charge on any atom is -0.378 e. The van der Waals surface area contributed by atoms with E-state index in [9.17, 15) is 9.59 Å². The monoisotopic (exact) mass is 329 g/mol. The fraction of sp³-hybridized carbons (Fsp3) is 0.524. The zero-order chi connectivity index (χ0) is 17.9. The summed E-state index contributed by atoms with van der Waals surface area (Å²) in [4.78, 5) is 25.8. The Kier molecular flexibility index (Phi) is 9.06. The molecule has 0 aliphatic heterocycles. The number of nitrogens with zero attached hydrogens (tertiary/aromatic N) is 1. The van der Waals surface area contributed by atoms with E-state index >= 15 is 0 Å². The highest BCUT2D eigenvalue weighted by Gasteiger charge is 2.22. The van der Waals surface area contributed by atoms with E-state index < -0.39 is 5.92 Å². The first kappa shape index (κ1) is 20.1. The average Bonchev–Trinajstić information content (AvgIpc) is 2.60. The minimum atomic E-state index is -0.400. The van der Waals surface area contributed by atoms with Crippen molar-refractivity contribution in [2.24, 2.45) is 5.92 Å². The summed E-state index contributed by atoms with van der Waals surface area (Å²) in [6, 6.07) is 8.60. The van der Waals surface area contributed by atoms with Crippen LogP contribution in [-0.2, 0) is 16.0 Å². The Bertz CT molecular complexity index is 527. The molecule has 0 amide bonds. The van der Waals surface area contributed by atoms with Gasteiger partial charge in [0.2, 0.25) is 0 Å². The number of rotatable bonds is 11. The van der Waals surface area contributed by atoms with Crippen molar-refractivity contribution < 1.29 is 9.59 Å². The number of aryl methyl sites for hydroxylation is 1. The highest BCUT2D eigenvalue weighted by Crippen LogP contribution is 2.15. The van der Waals surface area contributed by atoms with Crippen molar-refractivity contribution in [1.82, 2.24) is 0 Å². The number of carbonyl (C=O) groups is 2. The van der Waals surface area contributed by atoms with Gasteiger partial charge in [-0.1, -0.05) is 38.1 Å². The van der Waals surface area contributed by atoms with E-state index in [1.54, 1.807) is 0 Å². The lowest BCUT2D eigenvalue weighted by Gasteiger charge is -2.12. The SMILES string of the molecule is CCC(=O)C(CC/C=C/CCc1ccc(N(C)C)cc1)C(=O)CC. The van der Waals surface area contributed by atoms with Gasteiger partial charge >= 0.3 is 0 Å². The number of hydrogen-bond acceptors (Lipinski definition) is 3. The summed E-state index contributed by atoms with van der Waals surface area (Å²) in [7, 11) is 4.08. The smallest absolute Gasteiger partial charge is 0.143 e. The minimum absolute atomic E-state index is 0.0798. The van der Waals surface area contributed by atoms with Gasteiger partial charge in [-0.25, -0.2) is 0 Å². The number of Topliss-reactive ketones (excluding diaryl/α,β-unsaturated/α-hetero) is 2. The van der Waals surface area contributed by atoms with Crippen molar-refractivity contribution in [2.75, 3.05) is 19.0 Å². The molecular formula is C21H31NO2. The quantitative estimate of drug-likeness (QED) is 0.440. The van der Waals surface area contributed by atoms with Crippen molar-refractivity contribution in [3.05, 3.63) is 42.0 Å². The van der Waals surface area contributed by atoms with Crippen LogP contribution in [0.5, 0.6) is 0 Å². The summed E-state index contributed by atoms with van der Waals surface area (Å²) in [5.41, 5.74) is 2.53. The van der Waals surface area contributed by atoms with Gasteiger partial charge in [-0.3, -0.25) is 9.59 Å². The van der Waals surface area contributed by atoms with Gasteiger partial charge in [0, 0.05) is 32.6 Å². The van der Waals surface area contributed by atoms with Crippen molar-refractivity contribution in [3.8, 4) is 0 Å². The maximum Gasteiger partial charge on any atom is 0.143 e. The fourth-order valence-corrected chi connectivity index (χ4v) is 2.70. The summed E-state index contributed by atoms with van der Waals surface area (Å²) in [6.45, 7) is 3.66. The standard InChI is InChI=1S/C21H31NO2/c1-5-20(23)19(21(24)6-2)12-10-8-7-9-11-17-13-15-18(16-14-17)22(3)4/h7-8,13-16,19H,5-6,9-12H2,1-4H3/b8-7+. The molecule has 0 aliphatic carbocycles. The number of anilines is 1. The summed E-state index contributed by atoms with van der Waals surface area (Å²) < 4.78 is 0. The van der Waals surface area contributed by atoms with E-state index in [-0.39, 0.29) is 11.6 Å². The molecule has 1 aromatic carbocycles. The van der Waals surface area contributed by atoms with Crippen LogP contribution in [0.4, 0.5) is 5.69 Å². The second-order valence-electron chi connectivity index (χ2n) is 6.34. The van der Waals surface area contributed by atoms with Gasteiger partial charge in [0.15, 0.2) is 0 Å². The number of hydrogen-bond donors (Lipinski definition) is 0. The normalized spacial score (nSPS) is 11.2. The molecule has 1 aromatic rings. The van der Waals surface area contributed by atoms with Crippen LogP contribution in [0.25, 0.3) is 0 Å². The average molecular weight is 329 g/mol. The maximum atomic E-state index is 11.8. The molecule has 0 heterocycles. The Morgan fingerprint density at radius 2 is 1.50 bits per heavy atom. The lowest BCUT2D eigenvalue weighted by molar-refractivity contribution is -0.132. The first-order chi connectivity index (χ1) is 11.5. The molecule has 0 aromatic heterocycles. The zero-order valence-electron chi connectivity index (χ0n) is 15.5. The molecule has 0 bridgehead atoms. The summed E-state index contributed by atoms with van der Waals surface area (Å²) in [5.74, 6) is -0.240. The van der Waals surface area contributed by atoms with Crippen LogP contribution in [0, 0.1) is 5.92 Å². The van der Waals surface area contributed by atoms with Crippen molar-refractivity contribution in [2.45, 2.75) is 52.4 Å². The number of ketones is 2. The van der Waals surface area contributed by atoms with E-state index in [0.717, 1.165) is 19.3 Å². The lowest BCUT2D eigenvalue weighted by atomic mass is 9.91. The molecule has 1 rings (SSSR count). The van der Waals surface area contributed by atoms with Gasteiger partial charge in [-0.15, -0.1) is 0 Å². The van der Waals surface area contributed by atoms with E-state index in [4.69, 9.17) is 0 Å². The van der Waals surface area contributed by atoms with Crippen molar-refractivity contribution >= 4 is 17.3 Å². The molecule has 0 saturated heterocycles. The van der Waals surface area contributed by atoms with Crippen LogP contribution in [0.15, 0.2) is 36.4 Å². The molecule has 3 heteroatoms. The molecule has 0 atom stereocenters. The van der Waals surface area contributed by atoms with Gasteiger partial charge in [0.1, 0.15) is 11.6 Å². The van der Waals surface area contributed by atoms with Crippen LogP contribution >= 0.6 is 0 Å². The predicted molar refractivity (Wildman–Crippen MR) is 102 cm³/mol. The molecule has 0 N–H and O–H groups in total. The second kappa shape index (κ2) is 10.8. The Morgan fingerprint density at radius 3 is 2.00 bits per heavy atom. The van der Waals surface area contributed by atoms with Crippen LogP contribution in [-0.4, -0.2) is 25.7 Å². The number of benzene rings is 1. The van der Waals surface area contributed by atoms with Crippen LogP contribution in [0.3, 0.4) is 0 Å². The van der Waals surface area contributed by atoms with Crippen LogP contribution in [0.2, 0.25) is 0 Å². The fourth-order valence-electron chi connectivity index (χ4n) is 2.70. The molecule has 0 radical (unpaired) electrons. The second-order valence-corrected chi connectivity index (χ2v) is 6.34. The summed E-state index contributed by atoms with van der Waals surface area (Å²) >= 11 is 0. The van der Waals surface area contributed by atoms with Gasteiger partial charge in [-0.2, -0.15) is 0 Å². The topological polar surface area (TPSA) is 37.4 Å². The number of allylic oxidation sites excluding steroid dienone is 2. The van der Waals surface area contributed by atoms with Crippen LogP contribution in [0.1, 0.15) is 51.5 Å². The van der Waals surface area contributed by atoms with Crippen molar-refractivity contribution in [3.63, 3.8) is 0 Å². The Balaban J connectivity index is 2.37. The van der Waals surface area contributed by atoms with E-state index in [1.807, 2.05) is 27.9 Å². The third-order valence-electron chi connectivity index (χ3n) is 4.32. The Hall–Kier alpha value is -1.90. The van der Waals surface area contributed by atoms with Gasteiger partial charge in [-0.05, 0) is 43.4 Å². The maximum absolute atomic E-state index is 11.8. The zero-order valence-corrected chi connectivity index (χ0v) is 15.5. The third-order valence-corrected chi connectivity index (χ3v) is 4.32. The molecule has 24 heavy (non-hydrogen) atoms. The first-order valence-electron chi connectivity index (χ1n) is 8.96. The molecule has 0 spiro atoms. The molecule has 0 fully saturated rings. The van der Waals surface area contributed by atoms with Gasteiger partial charge in [0.05, 0.1) is 5.92 Å². The van der Waals surface area contributed by atoms with Crippen LogP contribution < -0.4 is 4.90 Å². The highest BCUT2D eigenvalue weighted by atomic mass is 16.1. The molecule has 0 unspecified atom stereocenters. The number of carbonyl (C=O) groups excluding carboxylic acids is 2. The summed E-state index contributed by atoms with van der Waals surface area (Å²) in [6.07, 6.45) is 8.59. The Labute approximate surface area is 146 Å². The van der Waals surface area contributed by atoms with Gasteiger partial charge < -0.3 is 4.90 Å². The Morgan fingerprint density at radius 1 is 0.958 bits per heavy atom. The largest absolute Gasteiger partial charge is 0.378 e. The molecule has 3 nitrogen and oxygen atoms in total. The van der Waals surface area contributed by atoms with Gasteiger partial charge in [0.25, 0.3) is 0 Å². The molecule has 132 valence electrons. The van der Waals surface area contributed by atoms with Crippen molar-refractivity contribution in [1.29, 1.82) is 0 Å². The third kappa shape index (κ3) is 6.69. The lowest BCUT2D eigenvalue weighted by Crippen LogP contribution is -2.22. The predicted octanol–water partition coefficient (Wildman–Crippen LogP) is 4.60. The van der Waals surface area contributed by atoms with E-state index in [0.29, 0.717) is 19.3 Å². The molecule has 0 saturated carbocycles. The van der Waals surface area contributed by atoms with E-state index in [1.165, 1.54) is 11.3 Å².